The molecule has 1 rings (SSSR count). The topological polar surface area (TPSA) is 38.3 Å². The lowest BCUT2D eigenvalue weighted by Gasteiger charge is -2.12. The van der Waals surface area contributed by atoms with Gasteiger partial charge in [-0.2, -0.15) is 0 Å². The molecule has 0 heterocycles. The number of terminal acetylenes is 1. The lowest BCUT2D eigenvalue weighted by molar-refractivity contribution is 0.365. The maximum absolute atomic E-state index is 11.2. The smallest absolute Gasteiger partial charge is 0.148 e. The number of rotatable bonds is 8. The van der Waals surface area contributed by atoms with Crippen LogP contribution >= 0.6 is 0 Å². The van der Waals surface area contributed by atoms with Gasteiger partial charge in [-0.15, -0.1) is 6.42 Å². The van der Waals surface area contributed by atoms with Gasteiger partial charge in [0, 0.05) is 34.4 Å². The summed E-state index contributed by atoms with van der Waals surface area (Å²) >= 11 is 0. The number of para-hydroxylation sites is 1. The Morgan fingerprint density at radius 1 is 1.47 bits per heavy atom. The lowest BCUT2D eigenvalue weighted by Crippen LogP contribution is -2.21. The van der Waals surface area contributed by atoms with Crippen LogP contribution < -0.4 is 10.1 Å². The summed E-state index contributed by atoms with van der Waals surface area (Å²) in [5, 5.41) is 3.56. The van der Waals surface area contributed by atoms with Gasteiger partial charge in [-0.05, 0) is 19.0 Å². The highest BCUT2D eigenvalue weighted by Crippen LogP contribution is 2.17. The minimum Gasteiger partial charge on any atom is -0.481 e. The Balaban J connectivity index is 2.40. The van der Waals surface area contributed by atoms with E-state index in [0.29, 0.717) is 0 Å². The van der Waals surface area contributed by atoms with Gasteiger partial charge in [-0.25, -0.2) is 0 Å². The predicted molar refractivity (Wildman–Crippen MR) is 80.6 cm³/mol. The summed E-state index contributed by atoms with van der Waals surface area (Å²) in [6, 6.07) is 7.83. The van der Waals surface area contributed by atoms with Crippen molar-refractivity contribution in [3.63, 3.8) is 0 Å². The van der Waals surface area contributed by atoms with Crippen molar-refractivity contribution in [1.82, 2.24) is 5.32 Å². The van der Waals surface area contributed by atoms with E-state index in [2.05, 4.69) is 11.2 Å². The van der Waals surface area contributed by atoms with Crippen LogP contribution in [0.4, 0.5) is 0 Å². The van der Waals surface area contributed by atoms with Crippen molar-refractivity contribution in [2.45, 2.75) is 25.1 Å². The number of hydrogen-bond acceptors (Lipinski definition) is 3. The molecule has 0 fully saturated rings. The average Bonchev–Trinajstić information content (AvgIpc) is 2.42. The zero-order valence-electron chi connectivity index (χ0n) is 11.5. The standard InChI is InChI=1S/C15H21NO2S/c1-4-11-18-15-8-6-5-7-14(15)12-16-10-9-13(2)19(3)17/h1,5-8,13,16H,9-12H2,2-3H3. The van der Waals surface area contributed by atoms with E-state index >= 15 is 0 Å². The highest BCUT2D eigenvalue weighted by Gasteiger charge is 2.06. The fraction of sp³-hybridized carbons (Fsp3) is 0.467. The van der Waals surface area contributed by atoms with Crippen molar-refractivity contribution in [2.75, 3.05) is 19.4 Å². The Kier molecular flexibility index (Phi) is 7.24. The molecule has 19 heavy (non-hydrogen) atoms. The van der Waals surface area contributed by atoms with Crippen LogP contribution in [0.3, 0.4) is 0 Å². The molecular formula is C15H21NO2S. The molecule has 0 saturated carbocycles. The Hall–Kier alpha value is -1.31. The predicted octanol–water partition coefficient (Wildman–Crippen LogP) is 1.95. The van der Waals surface area contributed by atoms with Gasteiger partial charge in [0.25, 0.3) is 0 Å². The van der Waals surface area contributed by atoms with E-state index < -0.39 is 10.8 Å². The van der Waals surface area contributed by atoms with E-state index in [9.17, 15) is 4.21 Å². The van der Waals surface area contributed by atoms with Crippen LogP contribution in [0.15, 0.2) is 24.3 Å². The fourth-order valence-corrected chi connectivity index (χ4v) is 2.05. The van der Waals surface area contributed by atoms with Gasteiger partial charge in [0.2, 0.25) is 0 Å². The summed E-state index contributed by atoms with van der Waals surface area (Å²) in [5.74, 6) is 3.28. The molecular weight excluding hydrogens is 258 g/mol. The van der Waals surface area contributed by atoms with Crippen molar-refractivity contribution in [1.29, 1.82) is 0 Å². The number of ether oxygens (including phenoxy) is 1. The zero-order chi connectivity index (χ0) is 14.1. The quantitative estimate of drug-likeness (QED) is 0.584. The Bertz CT molecular complexity index is 454. The second-order valence-electron chi connectivity index (χ2n) is 4.38. The highest BCUT2D eigenvalue weighted by molar-refractivity contribution is 7.84. The molecule has 0 bridgehead atoms. The lowest BCUT2D eigenvalue weighted by atomic mass is 10.2. The molecule has 104 valence electrons. The van der Waals surface area contributed by atoms with Crippen LogP contribution in [0.5, 0.6) is 5.75 Å². The average molecular weight is 279 g/mol. The normalized spacial score (nSPS) is 13.5. The number of benzene rings is 1. The molecule has 0 aromatic heterocycles. The number of nitrogens with one attached hydrogen (secondary N) is 1. The van der Waals surface area contributed by atoms with Crippen molar-refractivity contribution in [3.05, 3.63) is 29.8 Å². The van der Waals surface area contributed by atoms with E-state index in [4.69, 9.17) is 11.2 Å². The number of hydrogen-bond donors (Lipinski definition) is 1. The molecule has 0 aliphatic carbocycles. The first-order valence-corrected chi connectivity index (χ1v) is 7.94. The van der Waals surface area contributed by atoms with Crippen LogP contribution in [0.1, 0.15) is 18.9 Å². The van der Waals surface area contributed by atoms with Gasteiger partial charge in [0.15, 0.2) is 0 Å². The van der Waals surface area contributed by atoms with Crippen LogP contribution in [-0.2, 0) is 17.3 Å². The first-order valence-electron chi connectivity index (χ1n) is 6.32. The molecule has 0 saturated heterocycles. The first-order chi connectivity index (χ1) is 9.15. The molecule has 0 radical (unpaired) electrons. The van der Waals surface area contributed by atoms with Gasteiger partial charge in [0.05, 0.1) is 0 Å². The summed E-state index contributed by atoms with van der Waals surface area (Å²) in [5.41, 5.74) is 1.09. The summed E-state index contributed by atoms with van der Waals surface area (Å²) in [6.07, 6.45) is 7.83. The molecule has 1 aromatic rings. The SMILES string of the molecule is C#CCOc1ccccc1CNCCC(C)S(C)=O. The molecule has 1 aromatic carbocycles. The van der Waals surface area contributed by atoms with E-state index in [0.717, 1.165) is 30.8 Å². The Labute approximate surface area is 118 Å². The Morgan fingerprint density at radius 3 is 2.89 bits per heavy atom. The molecule has 1 N–H and O–H groups in total. The summed E-state index contributed by atoms with van der Waals surface area (Å²) in [4.78, 5) is 0. The largest absolute Gasteiger partial charge is 0.481 e. The van der Waals surface area contributed by atoms with Crippen molar-refractivity contribution < 1.29 is 8.95 Å². The van der Waals surface area contributed by atoms with E-state index in [-0.39, 0.29) is 11.9 Å². The molecule has 4 heteroatoms. The second kappa shape index (κ2) is 8.73. The first kappa shape index (κ1) is 15.7. The molecule has 0 spiro atoms. The summed E-state index contributed by atoms with van der Waals surface area (Å²) < 4.78 is 16.7. The maximum Gasteiger partial charge on any atom is 0.148 e. The summed E-state index contributed by atoms with van der Waals surface area (Å²) in [6.45, 7) is 3.85. The third kappa shape index (κ3) is 5.91. The monoisotopic (exact) mass is 279 g/mol. The van der Waals surface area contributed by atoms with Gasteiger partial charge in [-0.3, -0.25) is 4.21 Å². The van der Waals surface area contributed by atoms with Gasteiger partial charge >= 0.3 is 0 Å². The van der Waals surface area contributed by atoms with Crippen molar-refractivity contribution in [3.8, 4) is 18.1 Å². The van der Waals surface area contributed by atoms with Crippen molar-refractivity contribution in [2.24, 2.45) is 0 Å². The van der Waals surface area contributed by atoms with Gasteiger partial charge in [0.1, 0.15) is 12.4 Å². The van der Waals surface area contributed by atoms with Gasteiger partial charge < -0.3 is 10.1 Å². The van der Waals surface area contributed by atoms with Crippen LogP contribution in [-0.4, -0.2) is 28.9 Å². The molecule has 3 nitrogen and oxygen atoms in total. The minimum absolute atomic E-state index is 0.223. The molecule has 0 amide bonds. The molecule has 2 atom stereocenters. The Morgan fingerprint density at radius 2 is 2.21 bits per heavy atom. The second-order valence-corrected chi connectivity index (χ2v) is 6.18. The van der Waals surface area contributed by atoms with Crippen LogP contribution in [0, 0.1) is 12.3 Å². The zero-order valence-corrected chi connectivity index (χ0v) is 12.3. The minimum atomic E-state index is -0.754. The highest BCUT2D eigenvalue weighted by atomic mass is 32.2. The van der Waals surface area contributed by atoms with E-state index in [1.165, 1.54) is 0 Å². The summed E-state index contributed by atoms with van der Waals surface area (Å²) in [7, 11) is -0.754. The molecule has 2 unspecified atom stereocenters. The van der Waals surface area contributed by atoms with E-state index in [1.807, 2.05) is 31.2 Å². The van der Waals surface area contributed by atoms with Crippen molar-refractivity contribution >= 4 is 10.8 Å². The fourth-order valence-electron chi connectivity index (χ4n) is 1.60. The molecule has 0 aliphatic rings. The third-order valence-corrected chi connectivity index (χ3v) is 4.26. The third-order valence-electron chi connectivity index (χ3n) is 2.89. The van der Waals surface area contributed by atoms with E-state index in [1.54, 1.807) is 6.26 Å². The maximum atomic E-state index is 11.2. The van der Waals surface area contributed by atoms with Crippen LogP contribution in [0.2, 0.25) is 0 Å². The molecule has 0 aliphatic heterocycles. The van der Waals surface area contributed by atoms with Crippen LogP contribution in [0.25, 0.3) is 0 Å². The van der Waals surface area contributed by atoms with Gasteiger partial charge in [-0.1, -0.05) is 31.0 Å².